The molecule has 23 nitrogen and oxygen atoms in total. The van der Waals surface area contributed by atoms with Gasteiger partial charge in [-0.25, -0.2) is 14.1 Å². The van der Waals surface area contributed by atoms with Crippen LogP contribution < -0.4 is 11.3 Å². The molecular weight excluding hydrogens is 648 g/mol. The van der Waals surface area contributed by atoms with Crippen LogP contribution in [0.2, 0.25) is 0 Å². The van der Waals surface area contributed by atoms with E-state index in [2.05, 4.69) is 33.0 Å². The highest BCUT2D eigenvalue weighted by Crippen LogP contribution is 2.61. The summed E-state index contributed by atoms with van der Waals surface area (Å²) in [6.45, 7) is -0.795. The number of fused-ring (bicyclic) bond motifs is 1. The van der Waals surface area contributed by atoms with Gasteiger partial charge in [0.1, 0.15) is 55.4 Å². The number of phosphoric acid groups is 2. The van der Waals surface area contributed by atoms with Gasteiger partial charge >= 0.3 is 21.6 Å². The van der Waals surface area contributed by atoms with Gasteiger partial charge in [-0.3, -0.25) is 28.2 Å². The summed E-state index contributed by atoms with van der Waals surface area (Å²) in [6, 6.07) is 0. The minimum Gasteiger partial charge on any atom is -0.463 e. The number of esters is 1. The van der Waals surface area contributed by atoms with Crippen molar-refractivity contribution in [1.29, 1.82) is 0 Å². The van der Waals surface area contributed by atoms with Gasteiger partial charge in [0.2, 0.25) is 5.95 Å². The molecule has 4 heterocycles. The first-order chi connectivity index (χ1) is 20.4. The third kappa shape index (κ3) is 7.50. The molecule has 12 atom stereocenters. The molecule has 0 bridgehead atoms. The minimum atomic E-state index is -5.73. The molecule has 2 aromatic heterocycles. The van der Waals surface area contributed by atoms with Crippen molar-refractivity contribution in [2.45, 2.75) is 68.3 Å². The Morgan fingerprint density at radius 1 is 1.09 bits per heavy atom. The number of hydrogen-bond donors (Lipinski definition) is 10. The summed E-state index contributed by atoms with van der Waals surface area (Å²) in [7, 11) is -11.3. The monoisotopic (exact) mass is 677 g/mol. The Kier molecular flexibility index (Phi) is 10.3. The smallest absolute Gasteiger partial charge is 0.463 e. The van der Waals surface area contributed by atoms with E-state index < -0.39 is 102 Å². The van der Waals surface area contributed by atoms with Crippen molar-refractivity contribution in [3.8, 4) is 0 Å². The van der Waals surface area contributed by atoms with E-state index in [9.17, 15) is 59.1 Å². The first kappa shape index (κ1) is 34.4. The molecule has 2 unspecified atom stereocenters. The SMILES string of the molecule is CC(=O)OC[C@@H](O)[C@H]1O[C@H](OP(=O)(O)OP(=O)(O)OC[C@H]2O[C@@H](n3cnc4c(=O)[nH]c(N)nc43)[C@H](O)[C@@H]2O)[C@@H](O)[C@@H](O)[C@@H]1O. The van der Waals surface area contributed by atoms with E-state index in [1.807, 2.05) is 0 Å². The van der Waals surface area contributed by atoms with Gasteiger partial charge in [-0.1, -0.05) is 0 Å². The van der Waals surface area contributed by atoms with Crippen LogP contribution in [0.25, 0.3) is 11.2 Å². The molecule has 2 aromatic rings. The van der Waals surface area contributed by atoms with Crippen molar-refractivity contribution in [2.75, 3.05) is 18.9 Å². The number of aromatic amines is 1. The standard InChI is InChI=1S/C19H29N5O18P2/c1-5(25)37-2-6(26)14-11(29)10(28)13(31)18(40-14)41-44(35,36)42-43(33,34)38-3-7-9(27)12(30)17(39-7)24-4-21-8-15(24)22-19(20)23-16(8)32/h4,6-7,9-14,17-18,26-31H,2-3H2,1H3,(H,33,34)(H,35,36)(H3,20,22,23,32)/t6-,7-,9-,10+,11+,12-,13+,14-,17-,18-/m1/s1. The number of anilines is 1. The van der Waals surface area contributed by atoms with E-state index in [1.165, 1.54) is 0 Å². The summed E-state index contributed by atoms with van der Waals surface area (Å²) >= 11 is 0. The highest BCUT2D eigenvalue weighted by Gasteiger charge is 2.51. The van der Waals surface area contributed by atoms with Crippen LogP contribution in [0.3, 0.4) is 0 Å². The number of aromatic nitrogens is 4. The van der Waals surface area contributed by atoms with E-state index in [1.54, 1.807) is 0 Å². The number of imidazole rings is 1. The second-order valence-electron chi connectivity index (χ2n) is 9.55. The molecule has 25 heteroatoms. The van der Waals surface area contributed by atoms with E-state index in [0.717, 1.165) is 17.8 Å². The highest BCUT2D eigenvalue weighted by molar-refractivity contribution is 7.61. The van der Waals surface area contributed by atoms with Crippen molar-refractivity contribution in [2.24, 2.45) is 0 Å². The number of aliphatic hydroxyl groups excluding tert-OH is 6. The molecule has 0 aliphatic carbocycles. The lowest BCUT2D eigenvalue weighted by molar-refractivity contribution is -0.293. The van der Waals surface area contributed by atoms with Crippen molar-refractivity contribution >= 4 is 38.7 Å². The van der Waals surface area contributed by atoms with Crippen LogP contribution in [-0.2, 0) is 41.5 Å². The number of phosphoric ester groups is 2. The summed E-state index contributed by atoms with van der Waals surface area (Å²) in [5.74, 6) is -1.12. The molecule has 248 valence electrons. The Hall–Kier alpha value is -2.44. The van der Waals surface area contributed by atoms with E-state index in [4.69, 9.17) is 15.2 Å². The molecule has 44 heavy (non-hydrogen) atoms. The largest absolute Gasteiger partial charge is 0.483 e. The van der Waals surface area contributed by atoms with Gasteiger partial charge in [-0.05, 0) is 0 Å². The zero-order chi connectivity index (χ0) is 32.7. The quantitative estimate of drug-likeness (QED) is 0.0788. The maximum Gasteiger partial charge on any atom is 0.483 e. The molecule has 0 radical (unpaired) electrons. The fraction of sp³-hybridized carbons (Fsp3) is 0.684. The number of H-pyrrole nitrogens is 1. The number of aliphatic hydroxyl groups is 6. The summed E-state index contributed by atoms with van der Waals surface area (Å²) in [5, 5.41) is 61.2. The average molecular weight is 677 g/mol. The predicted molar refractivity (Wildman–Crippen MR) is 136 cm³/mol. The Bertz CT molecular complexity index is 1500. The number of carbonyl (C=O) groups excluding carboxylic acids is 1. The third-order valence-corrected chi connectivity index (χ3v) is 8.95. The maximum absolute atomic E-state index is 12.5. The fourth-order valence-electron chi connectivity index (χ4n) is 4.27. The summed E-state index contributed by atoms with van der Waals surface area (Å²) in [4.78, 5) is 53.0. The van der Waals surface area contributed by atoms with Gasteiger partial charge in [0.25, 0.3) is 5.56 Å². The van der Waals surface area contributed by atoms with Crippen LogP contribution in [0.1, 0.15) is 13.2 Å². The van der Waals surface area contributed by atoms with Gasteiger partial charge in [-0.2, -0.15) is 9.29 Å². The number of nitrogens with one attached hydrogen (secondary N) is 1. The topological polar surface area (TPSA) is 358 Å². The lowest BCUT2D eigenvalue weighted by Gasteiger charge is -2.41. The van der Waals surface area contributed by atoms with Gasteiger partial charge < -0.3 is 60.4 Å². The third-order valence-electron chi connectivity index (χ3n) is 6.35. The van der Waals surface area contributed by atoms with Crippen molar-refractivity contribution in [3.05, 3.63) is 16.7 Å². The Morgan fingerprint density at radius 2 is 1.77 bits per heavy atom. The minimum absolute atomic E-state index is 0.135. The number of rotatable bonds is 11. The molecule has 0 amide bonds. The van der Waals surface area contributed by atoms with Crippen molar-refractivity contribution in [3.63, 3.8) is 0 Å². The van der Waals surface area contributed by atoms with Crippen LogP contribution in [0.4, 0.5) is 5.95 Å². The number of hydrogen-bond acceptors (Lipinski definition) is 19. The second-order valence-corrected chi connectivity index (χ2v) is 12.5. The fourth-order valence-corrected chi connectivity index (χ4v) is 6.43. The molecule has 2 saturated heterocycles. The normalized spacial score (nSPS) is 34.3. The molecule has 0 spiro atoms. The lowest BCUT2D eigenvalue weighted by Crippen LogP contribution is -2.61. The van der Waals surface area contributed by atoms with E-state index in [0.29, 0.717) is 0 Å². The summed E-state index contributed by atoms with van der Waals surface area (Å²) in [5.41, 5.74) is 4.50. The molecule has 2 aliphatic heterocycles. The number of nitrogens with zero attached hydrogens (tertiary/aromatic N) is 3. The lowest BCUT2D eigenvalue weighted by atomic mass is 9.96. The van der Waals surface area contributed by atoms with E-state index >= 15 is 0 Å². The molecule has 0 saturated carbocycles. The number of nitrogen functional groups attached to an aromatic ring is 1. The van der Waals surface area contributed by atoms with Crippen LogP contribution in [-0.4, -0.2) is 134 Å². The predicted octanol–water partition coefficient (Wildman–Crippen LogP) is -4.70. The number of carbonyl (C=O) groups is 1. The van der Waals surface area contributed by atoms with Gasteiger partial charge in [0, 0.05) is 6.92 Å². The number of ether oxygens (including phenoxy) is 3. The summed E-state index contributed by atoms with van der Waals surface area (Å²) < 4.78 is 54.3. The van der Waals surface area contributed by atoms with Crippen LogP contribution in [0.5, 0.6) is 0 Å². The Morgan fingerprint density at radius 3 is 2.43 bits per heavy atom. The summed E-state index contributed by atoms with van der Waals surface area (Å²) in [6.07, 6.45) is -18.0. The molecule has 2 fully saturated rings. The first-order valence-corrected chi connectivity index (χ1v) is 15.3. The second kappa shape index (κ2) is 13.1. The Balaban J connectivity index is 1.38. The van der Waals surface area contributed by atoms with Crippen LogP contribution in [0.15, 0.2) is 11.1 Å². The van der Waals surface area contributed by atoms with E-state index in [-0.39, 0.29) is 17.1 Å². The molecule has 11 N–H and O–H groups in total. The van der Waals surface area contributed by atoms with Crippen LogP contribution >= 0.6 is 15.6 Å². The molecule has 2 aliphatic rings. The number of nitrogens with two attached hydrogens (primary N) is 1. The highest BCUT2D eigenvalue weighted by atomic mass is 31.3. The molecule has 0 aromatic carbocycles. The Labute approximate surface area is 244 Å². The molecular formula is C19H29N5O18P2. The van der Waals surface area contributed by atoms with Gasteiger partial charge in [-0.15, -0.1) is 0 Å². The average Bonchev–Trinajstić information content (AvgIpc) is 3.46. The zero-order valence-electron chi connectivity index (χ0n) is 22.2. The van der Waals surface area contributed by atoms with Gasteiger partial charge in [0.15, 0.2) is 23.7 Å². The van der Waals surface area contributed by atoms with Crippen molar-refractivity contribution < 1.29 is 81.9 Å². The van der Waals surface area contributed by atoms with Crippen LogP contribution in [0, 0.1) is 0 Å². The van der Waals surface area contributed by atoms with Gasteiger partial charge in [0.05, 0.1) is 12.9 Å². The first-order valence-electron chi connectivity index (χ1n) is 12.4. The zero-order valence-corrected chi connectivity index (χ0v) is 24.0. The maximum atomic E-state index is 12.5. The molecule has 4 rings (SSSR count). The van der Waals surface area contributed by atoms with Crippen molar-refractivity contribution in [1.82, 2.24) is 19.5 Å².